The highest BCUT2D eigenvalue weighted by Gasteiger charge is 2.17. The number of nitrogens with one attached hydrogen (secondary N) is 2. The molecule has 1 aliphatic heterocycles. The summed E-state index contributed by atoms with van der Waals surface area (Å²) < 4.78 is 1.88. The van der Waals surface area contributed by atoms with Crippen LogP contribution >= 0.6 is 0 Å². The van der Waals surface area contributed by atoms with Gasteiger partial charge in [-0.2, -0.15) is 5.10 Å². The maximum atomic E-state index is 12.1. The van der Waals surface area contributed by atoms with Crippen LogP contribution in [0.3, 0.4) is 0 Å². The van der Waals surface area contributed by atoms with Gasteiger partial charge in [0.25, 0.3) is 5.91 Å². The number of amides is 1. The van der Waals surface area contributed by atoms with Crippen molar-refractivity contribution in [1.82, 2.24) is 20.1 Å². The van der Waals surface area contributed by atoms with Gasteiger partial charge in [-0.05, 0) is 37.6 Å². The van der Waals surface area contributed by atoms with Crippen molar-refractivity contribution in [3.63, 3.8) is 0 Å². The lowest BCUT2D eigenvalue weighted by Crippen LogP contribution is -2.32. The molecule has 20 heavy (non-hydrogen) atoms. The van der Waals surface area contributed by atoms with E-state index in [9.17, 15) is 4.79 Å². The number of rotatable bonds is 3. The highest BCUT2D eigenvalue weighted by molar-refractivity contribution is 6.02. The Bertz CT molecular complexity index is 574. The van der Waals surface area contributed by atoms with Crippen LogP contribution in [0.5, 0.6) is 0 Å². The Hall–Kier alpha value is -2.21. The highest BCUT2D eigenvalue weighted by Crippen LogP contribution is 2.16. The normalized spacial score (nSPS) is 18.7. The van der Waals surface area contributed by atoms with Gasteiger partial charge < -0.3 is 10.6 Å². The summed E-state index contributed by atoms with van der Waals surface area (Å²) in [4.78, 5) is 16.0. The Kier molecular flexibility index (Phi) is 3.73. The molecule has 2 aromatic heterocycles. The third-order valence-corrected chi connectivity index (χ3v) is 3.42. The number of nitrogens with zero attached hydrogens (tertiary/aromatic N) is 3. The van der Waals surface area contributed by atoms with E-state index < -0.39 is 0 Å². The van der Waals surface area contributed by atoms with Gasteiger partial charge in [0.2, 0.25) is 0 Å². The highest BCUT2D eigenvalue weighted by atomic mass is 16.1. The number of aromatic nitrogens is 3. The van der Waals surface area contributed by atoms with Gasteiger partial charge in [0.15, 0.2) is 5.69 Å². The van der Waals surface area contributed by atoms with Crippen molar-refractivity contribution >= 4 is 11.6 Å². The van der Waals surface area contributed by atoms with Crippen LogP contribution in [-0.4, -0.2) is 33.8 Å². The van der Waals surface area contributed by atoms with E-state index in [-0.39, 0.29) is 5.91 Å². The third kappa shape index (κ3) is 2.85. The van der Waals surface area contributed by atoms with Crippen LogP contribution in [0.2, 0.25) is 0 Å². The molecule has 0 aliphatic carbocycles. The molecule has 0 radical (unpaired) electrons. The van der Waals surface area contributed by atoms with Crippen molar-refractivity contribution in [2.75, 3.05) is 18.4 Å². The summed E-state index contributed by atoms with van der Waals surface area (Å²) in [7, 11) is 0. The summed E-state index contributed by atoms with van der Waals surface area (Å²) in [6.45, 7) is 1.97. The van der Waals surface area contributed by atoms with Gasteiger partial charge in [0.05, 0.1) is 6.04 Å². The van der Waals surface area contributed by atoms with E-state index in [0.717, 1.165) is 31.6 Å². The first-order chi connectivity index (χ1) is 9.83. The maximum absolute atomic E-state index is 12.1. The summed E-state index contributed by atoms with van der Waals surface area (Å²) >= 11 is 0. The van der Waals surface area contributed by atoms with Crippen molar-refractivity contribution in [1.29, 1.82) is 0 Å². The number of hydrogen-bond acceptors (Lipinski definition) is 4. The molecule has 0 aromatic carbocycles. The standard InChI is InChI=1S/C14H17N5O/c20-14(17-11-3-7-15-8-4-11)13-5-9-19(18-13)12-2-1-6-16-10-12/h3-5,7-9,12,16H,1-2,6,10H2,(H,15,17,20). The predicted octanol–water partition coefficient (Wildman–Crippen LogP) is 1.45. The van der Waals surface area contributed by atoms with Crippen molar-refractivity contribution < 1.29 is 4.79 Å². The van der Waals surface area contributed by atoms with Gasteiger partial charge in [-0.1, -0.05) is 0 Å². The molecule has 1 unspecified atom stereocenters. The molecule has 1 amide bonds. The second kappa shape index (κ2) is 5.83. The predicted molar refractivity (Wildman–Crippen MR) is 75.6 cm³/mol. The summed E-state index contributed by atoms with van der Waals surface area (Å²) in [6, 6.07) is 5.59. The molecule has 2 aromatic rings. The molecule has 3 rings (SSSR count). The Morgan fingerprint density at radius 3 is 2.95 bits per heavy atom. The minimum atomic E-state index is -0.196. The molecule has 1 aliphatic rings. The fraction of sp³-hybridized carbons (Fsp3) is 0.357. The molecule has 1 saturated heterocycles. The second-order valence-corrected chi connectivity index (χ2v) is 4.87. The molecular weight excluding hydrogens is 254 g/mol. The lowest BCUT2D eigenvalue weighted by atomic mass is 10.1. The van der Waals surface area contributed by atoms with Crippen LogP contribution in [-0.2, 0) is 0 Å². The fourth-order valence-electron chi connectivity index (χ4n) is 2.35. The Morgan fingerprint density at radius 1 is 1.35 bits per heavy atom. The average molecular weight is 271 g/mol. The Labute approximate surface area is 117 Å². The number of carbonyl (C=O) groups is 1. The maximum Gasteiger partial charge on any atom is 0.276 e. The topological polar surface area (TPSA) is 71.8 Å². The van der Waals surface area contributed by atoms with Crippen molar-refractivity contribution in [3.05, 3.63) is 42.5 Å². The fourth-order valence-corrected chi connectivity index (χ4v) is 2.35. The van der Waals surface area contributed by atoms with Crippen LogP contribution in [0.15, 0.2) is 36.8 Å². The van der Waals surface area contributed by atoms with Crippen LogP contribution < -0.4 is 10.6 Å². The monoisotopic (exact) mass is 271 g/mol. The molecule has 0 spiro atoms. The van der Waals surface area contributed by atoms with Crippen LogP contribution in [0, 0.1) is 0 Å². The van der Waals surface area contributed by atoms with Crippen molar-refractivity contribution in [3.8, 4) is 0 Å². The molecule has 1 fully saturated rings. The van der Waals surface area contributed by atoms with Crippen LogP contribution in [0.1, 0.15) is 29.4 Å². The summed E-state index contributed by atoms with van der Waals surface area (Å²) in [5.41, 5.74) is 1.16. The third-order valence-electron chi connectivity index (χ3n) is 3.42. The molecule has 0 saturated carbocycles. The number of anilines is 1. The van der Waals surface area contributed by atoms with E-state index in [4.69, 9.17) is 0 Å². The Balaban J connectivity index is 1.68. The smallest absolute Gasteiger partial charge is 0.276 e. The first-order valence-electron chi connectivity index (χ1n) is 6.80. The van der Waals surface area contributed by atoms with E-state index in [2.05, 4.69) is 20.7 Å². The molecule has 6 heteroatoms. The van der Waals surface area contributed by atoms with Gasteiger partial charge in [0.1, 0.15) is 0 Å². The second-order valence-electron chi connectivity index (χ2n) is 4.87. The minimum absolute atomic E-state index is 0.196. The zero-order valence-electron chi connectivity index (χ0n) is 11.1. The van der Waals surface area contributed by atoms with Gasteiger partial charge in [-0.15, -0.1) is 0 Å². The van der Waals surface area contributed by atoms with E-state index in [1.165, 1.54) is 0 Å². The summed E-state index contributed by atoms with van der Waals surface area (Å²) in [5, 5.41) is 10.5. The van der Waals surface area contributed by atoms with Gasteiger partial charge >= 0.3 is 0 Å². The molecule has 2 N–H and O–H groups in total. The van der Waals surface area contributed by atoms with Crippen LogP contribution in [0.25, 0.3) is 0 Å². The van der Waals surface area contributed by atoms with E-state index in [0.29, 0.717) is 11.7 Å². The summed E-state index contributed by atoms with van der Waals surface area (Å²) in [5.74, 6) is -0.196. The van der Waals surface area contributed by atoms with Gasteiger partial charge in [-0.3, -0.25) is 14.5 Å². The molecule has 0 bridgehead atoms. The minimum Gasteiger partial charge on any atom is -0.320 e. The zero-order valence-corrected chi connectivity index (χ0v) is 11.1. The summed E-state index contributed by atoms with van der Waals surface area (Å²) in [6.07, 6.45) is 7.39. The number of pyridine rings is 1. The molecule has 3 heterocycles. The zero-order chi connectivity index (χ0) is 13.8. The average Bonchev–Trinajstić information content (AvgIpc) is 2.99. The number of hydrogen-bond donors (Lipinski definition) is 2. The van der Waals surface area contributed by atoms with E-state index in [1.807, 2.05) is 10.9 Å². The quantitative estimate of drug-likeness (QED) is 0.886. The van der Waals surface area contributed by atoms with Crippen LogP contribution in [0.4, 0.5) is 5.69 Å². The number of piperidine rings is 1. The van der Waals surface area contributed by atoms with E-state index >= 15 is 0 Å². The molecular formula is C14H17N5O. The van der Waals surface area contributed by atoms with Gasteiger partial charge in [-0.25, -0.2) is 0 Å². The molecule has 6 nitrogen and oxygen atoms in total. The molecule has 1 atom stereocenters. The first kappa shape index (κ1) is 12.8. The largest absolute Gasteiger partial charge is 0.320 e. The van der Waals surface area contributed by atoms with E-state index in [1.54, 1.807) is 30.6 Å². The van der Waals surface area contributed by atoms with Crippen molar-refractivity contribution in [2.24, 2.45) is 0 Å². The SMILES string of the molecule is O=C(Nc1ccncc1)c1ccn(C2CCCNC2)n1. The number of carbonyl (C=O) groups excluding carboxylic acids is 1. The lowest BCUT2D eigenvalue weighted by Gasteiger charge is -2.22. The lowest BCUT2D eigenvalue weighted by molar-refractivity contribution is 0.102. The Morgan fingerprint density at radius 2 is 2.20 bits per heavy atom. The first-order valence-corrected chi connectivity index (χ1v) is 6.80. The molecule has 104 valence electrons. The van der Waals surface area contributed by atoms with Gasteiger partial charge in [0, 0.05) is 30.8 Å². The van der Waals surface area contributed by atoms with Crippen molar-refractivity contribution in [2.45, 2.75) is 18.9 Å².